The summed E-state index contributed by atoms with van der Waals surface area (Å²) in [7, 11) is 1.62. The molecule has 1 aliphatic carbocycles. The lowest BCUT2D eigenvalue weighted by Gasteiger charge is -2.23. The zero-order valence-corrected chi connectivity index (χ0v) is 16.6. The minimum atomic E-state index is -4.32. The van der Waals surface area contributed by atoms with E-state index in [-0.39, 0.29) is 25.1 Å². The van der Waals surface area contributed by atoms with E-state index in [9.17, 15) is 18.0 Å². The van der Waals surface area contributed by atoms with Crippen molar-refractivity contribution >= 4 is 11.9 Å². The standard InChI is InChI=1S/C20H29F3N4O2/c1-24-19(26-12-18(28)27-17-5-3-2-4-6-17)25-11-15-7-9-16(10-8-15)13-29-14-20(21,22)23/h7-10,17H,2-6,11-14H2,1H3,(H,27,28)(H2,24,25,26). The molecule has 0 heterocycles. The fraction of sp³-hybridized carbons (Fsp3) is 0.600. The van der Waals surface area contributed by atoms with E-state index < -0.39 is 12.8 Å². The number of carbonyl (C=O) groups excluding carboxylic acids is 1. The van der Waals surface area contributed by atoms with Crippen molar-refractivity contribution in [3.63, 3.8) is 0 Å². The van der Waals surface area contributed by atoms with Crippen LogP contribution in [0.5, 0.6) is 0 Å². The number of benzene rings is 1. The minimum Gasteiger partial charge on any atom is -0.367 e. The van der Waals surface area contributed by atoms with Crippen molar-refractivity contribution in [2.45, 2.75) is 57.5 Å². The molecular formula is C20H29F3N4O2. The Morgan fingerprint density at radius 1 is 1.10 bits per heavy atom. The van der Waals surface area contributed by atoms with Gasteiger partial charge < -0.3 is 20.7 Å². The van der Waals surface area contributed by atoms with Gasteiger partial charge in [0, 0.05) is 19.6 Å². The van der Waals surface area contributed by atoms with E-state index in [2.05, 4.69) is 25.7 Å². The van der Waals surface area contributed by atoms with Crippen LogP contribution in [0.3, 0.4) is 0 Å². The van der Waals surface area contributed by atoms with E-state index in [0.29, 0.717) is 18.1 Å². The molecular weight excluding hydrogens is 385 g/mol. The average molecular weight is 414 g/mol. The maximum atomic E-state index is 12.1. The normalized spacial score (nSPS) is 15.8. The predicted molar refractivity (Wildman–Crippen MR) is 105 cm³/mol. The third-order valence-corrected chi connectivity index (χ3v) is 4.63. The number of nitrogens with one attached hydrogen (secondary N) is 3. The van der Waals surface area contributed by atoms with Gasteiger partial charge in [0.05, 0.1) is 13.2 Å². The summed E-state index contributed by atoms with van der Waals surface area (Å²) in [6.45, 7) is -0.738. The van der Waals surface area contributed by atoms with Gasteiger partial charge in [0.2, 0.25) is 5.91 Å². The van der Waals surface area contributed by atoms with E-state index in [0.717, 1.165) is 31.2 Å². The third kappa shape index (κ3) is 9.65. The maximum Gasteiger partial charge on any atom is 0.411 e. The Hall–Kier alpha value is -2.29. The lowest BCUT2D eigenvalue weighted by molar-refractivity contribution is -0.176. The highest BCUT2D eigenvalue weighted by Crippen LogP contribution is 2.17. The van der Waals surface area contributed by atoms with E-state index >= 15 is 0 Å². The van der Waals surface area contributed by atoms with Crippen LogP contribution >= 0.6 is 0 Å². The van der Waals surface area contributed by atoms with Gasteiger partial charge >= 0.3 is 6.18 Å². The number of alkyl halides is 3. The third-order valence-electron chi connectivity index (χ3n) is 4.63. The van der Waals surface area contributed by atoms with Crippen LogP contribution in [0.1, 0.15) is 43.2 Å². The zero-order chi connectivity index (χ0) is 21.1. The molecule has 2 rings (SSSR count). The van der Waals surface area contributed by atoms with Crippen LogP contribution in [0.25, 0.3) is 0 Å². The van der Waals surface area contributed by atoms with Gasteiger partial charge in [-0.15, -0.1) is 0 Å². The Balaban J connectivity index is 1.68. The number of amides is 1. The first-order valence-electron chi connectivity index (χ1n) is 9.82. The van der Waals surface area contributed by atoms with E-state index in [1.165, 1.54) is 6.42 Å². The largest absolute Gasteiger partial charge is 0.411 e. The summed E-state index contributed by atoms with van der Waals surface area (Å²) in [5.74, 6) is 0.449. The number of hydrogen-bond donors (Lipinski definition) is 3. The number of carbonyl (C=O) groups is 1. The second-order valence-electron chi connectivity index (χ2n) is 7.11. The first-order valence-corrected chi connectivity index (χ1v) is 9.82. The van der Waals surface area contributed by atoms with Gasteiger partial charge in [0.15, 0.2) is 5.96 Å². The average Bonchev–Trinajstić information content (AvgIpc) is 2.69. The SMILES string of the molecule is CN=C(NCC(=O)NC1CCCCC1)NCc1ccc(COCC(F)(F)F)cc1. The first-order chi connectivity index (χ1) is 13.9. The molecule has 1 fully saturated rings. The van der Waals surface area contributed by atoms with Crippen LogP contribution in [-0.2, 0) is 22.7 Å². The summed E-state index contributed by atoms with van der Waals surface area (Å²) in [6.07, 6.45) is 1.32. The van der Waals surface area contributed by atoms with Crippen LogP contribution in [0.15, 0.2) is 29.3 Å². The van der Waals surface area contributed by atoms with Crippen molar-refractivity contribution in [3.8, 4) is 0 Å². The molecule has 0 bridgehead atoms. The van der Waals surface area contributed by atoms with Crippen molar-refractivity contribution in [2.75, 3.05) is 20.2 Å². The highest BCUT2D eigenvalue weighted by Gasteiger charge is 2.27. The first kappa shape index (κ1) is 23.0. The molecule has 0 spiro atoms. The maximum absolute atomic E-state index is 12.1. The predicted octanol–water partition coefficient (Wildman–Crippen LogP) is 2.88. The lowest BCUT2D eigenvalue weighted by atomic mass is 9.95. The van der Waals surface area contributed by atoms with Gasteiger partial charge in [0.25, 0.3) is 0 Å². The Labute approximate surface area is 169 Å². The quantitative estimate of drug-likeness (QED) is 0.452. The fourth-order valence-corrected chi connectivity index (χ4v) is 3.13. The van der Waals surface area contributed by atoms with Gasteiger partial charge in [-0.1, -0.05) is 43.5 Å². The van der Waals surface area contributed by atoms with Crippen LogP contribution in [0, 0.1) is 0 Å². The van der Waals surface area contributed by atoms with Crippen LogP contribution in [-0.4, -0.2) is 44.3 Å². The fourth-order valence-electron chi connectivity index (χ4n) is 3.13. The molecule has 1 aromatic rings. The molecule has 6 nitrogen and oxygen atoms in total. The summed E-state index contributed by atoms with van der Waals surface area (Å²) < 4.78 is 40.9. The number of rotatable bonds is 8. The highest BCUT2D eigenvalue weighted by atomic mass is 19.4. The molecule has 29 heavy (non-hydrogen) atoms. The van der Waals surface area contributed by atoms with Crippen LogP contribution in [0.4, 0.5) is 13.2 Å². The van der Waals surface area contributed by atoms with Crippen LogP contribution < -0.4 is 16.0 Å². The monoisotopic (exact) mass is 414 g/mol. The smallest absolute Gasteiger partial charge is 0.367 e. The summed E-state index contributed by atoms with van der Waals surface area (Å²) in [6, 6.07) is 7.33. The number of ether oxygens (including phenoxy) is 1. The summed E-state index contributed by atoms with van der Waals surface area (Å²) in [5.41, 5.74) is 1.60. The summed E-state index contributed by atoms with van der Waals surface area (Å²) in [4.78, 5) is 16.1. The Kier molecular flexibility index (Phi) is 9.24. The number of aliphatic imine (C=N–C) groups is 1. The molecule has 162 valence electrons. The van der Waals surface area contributed by atoms with Gasteiger partial charge in [-0.2, -0.15) is 13.2 Å². The van der Waals surface area contributed by atoms with E-state index in [1.54, 1.807) is 19.2 Å². The molecule has 0 unspecified atom stereocenters. The van der Waals surface area contributed by atoms with Crippen molar-refractivity contribution in [1.29, 1.82) is 0 Å². The Bertz CT molecular complexity index is 657. The summed E-state index contributed by atoms with van der Waals surface area (Å²) >= 11 is 0. The molecule has 0 aliphatic heterocycles. The van der Waals surface area contributed by atoms with Crippen molar-refractivity contribution in [1.82, 2.24) is 16.0 Å². The minimum absolute atomic E-state index is 0.0527. The lowest BCUT2D eigenvalue weighted by Crippen LogP contribution is -2.45. The molecule has 9 heteroatoms. The number of nitrogens with zero attached hydrogens (tertiary/aromatic N) is 1. The topological polar surface area (TPSA) is 74.8 Å². The molecule has 1 aliphatic rings. The van der Waals surface area contributed by atoms with Gasteiger partial charge in [-0.3, -0.25) is 9.79 Å². The number of halogens is 3. The molecule has 1 amide bonds. The molecule has 0 atom stereocenters. The second-order valence-corrected chi connectivity index (χ2v) is 7.11. The van der Waals surface area contributed by atoms with Gasteiger partial charge in [0.1, 0.15) is 6.61 Å². The van der Waals surface area contributed by atoms with E-state index in [1.807, 2.05) is 12.1 Å². The molecule has 0 radical (unpaired) electrons. The van der Waals surface area contributed by atoms with Crippen LogP contribution in [0.2, 0.25) is 0 Å². The second kappa shape index (κ2) is 11.6. The molecule has 0 aromatic heterocycles. The van der Waals surface area contributed by atoms with Gasteiger partial charge in [-0.25, -0.2) is 0 Å². The number of hydrogen-bond acceptors (Lipinski definition) is 3. The number of guanidine groups is 1. The van der Waals surface area contributed by atoms with Crippen molar-refractivity contribution in [2.24, 2.45) is 4.99 Å². The zero-order valence-electron chi connectivity index (χ0n) is 16.6. The summed E-state index contributed by atoms with van der Waals surface area (Å²) in [5, 5.41) is 9.13. The molecule has 3 N–H and O–H groups in total. The highest BCUT2D eigenvalue weighted by molar-refractivity contribution is 5.86. The molecule has 0 saturated heterocycles. The van der Waals surface area contributed by atoms with Crippen molar-refractivity contribution < 1.29 is 22.7 Å². The van der Waals surface area contributed by atoms with Crippen molar-refractivity contribution in [3.05, 3.63) is 35.4 Å². The van der Waals surface area contributed by atoms with Gasteiger partial charge in [-0.05, 0) is 24.0 Å². The Morgan fingerprint density at radius 2 is 1.76 bits per heavy atom. The molecule has 1 saturated carbocycles. The Morgan fingerprint density at radius 3 is 2.38 bits per heavy atom. The molecule has 1 aromatic carbocycles. The van der Waals surface area contributed by atoms with E-state index in [4.69, 9.17) is 0 Å².